The first-order valence-electron chi connectivity index (χ1n) is 5.86. The van der Waals surface area contributed by atoms with Crippen molar-refractivity contribution in [2.45, 2.75) is 11.8 Å². The number of aryl methyl sites for hydroxylation is 1. The Hall–Kier alpha value is -2.12. The number of hydrogen-bond donors (Lipinski definition) is 2. The molecule has 0 aliphatic heterocycles. The first-order valence-corrected chi connectivity index (χ1v) is 7.35. The fourth-order valence-electron chi connectivity index (χ4n) is 1.58. The Balaban J connectivity index is 2.42. The van der Waals surface area contributed by atoms with Crippen LogP contribution in [0.3, 0.4) is 0 Å². The summed E-state index contributed by atoms with van der Waals surface area (Å²) >= 11 is 0. The van der Waals surface area contributed by atoms with E-state index in [0.29, 0.717) is 17.1 Å². The first kappa shape index (κ1) is 14.3. The summed E-state index contributed by atoms with van der Waals surface area (Å²) in [7, 11) is -2.20. The van der Waals surface area contributed by atoms with E-state index in [0.717, 1.165) is 0 Å². The topological polar surface area (TPSA) is 94.3 Å². The van der Waals surface area contributed by atoms with Crippen molar-refractivity contribution >= 4 is 15.7 Å². The molecule has 0 saturated heterocycles. The van der Waals surface area contributed by atoms with Gasteiger partial charge < -0.3 is 10.5 Å². The van der Waals surface area contributed by atoms with Crippen LogP contribution >= 0.6 is 0 Å². The summed E-state index contributed by atoms with van der Waals surface area (Å²) < 4.78 is 31.4. The van der Waals surface area contributed by atoms with Crippen molar-refractivity contribution in [1.82, 2.24) is 9.71 Å². The molecule has 0 aliphatic carbocycles. The van der Waals surface area contributed by atoms with Crippen molar-refractivity contribution in [3.8, 4) is 11.5 Å². The van der Waals surface area contributed by atoms with E-state index in [-0.39, 0.29) is 10.6 Å². The molecule has 7 heteroatoms. The molecule has 0 bridgehead atoms. The summed E-state index contributed by atoms with van der Waals surface area (Å²) in [6.07, 6.45) is 1.65. The molecular formula is C13H15N3O3S. The number of nitrogen functional groups attached to an aromatic ring is 1. The van der Waals surface area contributed by atoms with E-state index >= 15 is 0 Å². The largest absolute Gasteiger partial charge is 0.453 e. The average Bonchev–Trinajstić information content (AvgIpc) is 2.43. The van der Waals surface area contributed by atoms with Gasteiger partial charge in [-0.2, -0.15) is 0 Å². The van der Waals surface area contributed by atoms with Gasteiger partial charge in [0.25, 0.3) is 0 Å². The van der Waals surface area contributed by atoms with Gasteiger partial charge in [0.2, 0.25) is 10.0 Å². The molecular weight excluding hydrogens is 278 g/mol. The summed E-state index contributed by atoms with van der Waals surface area (Å²) in [6.45, 7) is 1.79. The summed E-state index contributed by atoms with van der Waals surface area (Å²) in [5.41, 5.74) is 6.85. The van der Waals surface area contributed by atoms with Crippen LogP contribution in [0.25, 0.3) is 0 Å². The Kier molecular flexibility index (Phi) is 3.91. The van der Waals surface area contributed by atoms with Crippen LogP contribution in [-0.4, -0.2) is 20.4 Å². The van der Waals surface area contributed by atoms with Gasteiger partial charge in [0, 0.05) is 12.3 Å². The van der Waals surface area contributed by atoms with E-state index in [1.165, 1.54) is 25.2 Å². The minimum absolute atomic E-state index is 0.0887. The quantitative estimate of drug-likeness (QED) is 0.836. The molecule has 0 aliphatic rings. The zero-order chi connectivity index (χ0) is 14.8. The normalized spacial score (nSPS) is 11.3. The van der Waals surface area contributed by atoms with Gasteiger partial charge >= 0.3 is 0 Å². The van der Waals surface area contributed by atoms with Crippen molar-refractivity contribution in [2.75, 3.05) is 12.8 Å². The van der Waals surface area contributed by atoms with Gasteiger partial charge in [-0.25, -0.2) is 13.1 Å². The van der Waals surface area contributed by atoms with Crippen LogP contribution in [0.4, 0.5) is 5.69 Å². The predicted octanol–water partition coefficient (Wildman–Crippen LogP) is 1.67. The number of nitrogens with two attached hydrogens (primary N) is 1. The molecule has 1 aromatic carbocycles. The number of anilines is 1. The molecule has 2 rings (SSSR count). The summed E-state index contributed by atoms with van der Waals surface area (Å²) in [5.74, 6) is 0.802. The SMILES string of the molecule is CNS(=O)(=O)c1ccc(N)c(Oc2cccnc2C)c1. The number of pyridine rings is 1. The Morgan fingerprint density at radius 1 is 1.25 bits per heavy atom. The number of nitrogens with zero attached hydrogens (tertiary/aromatic N) is 1. The molecule has 1 aromatic heterocycles. The molecule has 2 aromatic rings. The van der Waals surface area contributed by atoms with Gasteiger partial charge in [-0.15, -0.1) is 0 Å². The molecule has 3 N–H and O–H groups in total. The highest BCUT2D eigenvalue weighted by Gasteiger charge is 2.14. The molecule has 0 radical (unpaired) electrons. The van der Waals surface area contributed by atoms with Gasteiger partial charge in [-0.05, 0) is 38.2 Å². The summed E-state index contributed by atoms with van der Waals surface area (Å²) in [5, 5.41) is 0. The summed E-state index contributed by atoms with van der Waals surface area (Å²) in [6, 6.07) is 7.76. The minimum Gasteiger partial charge on any atom is -0.453 e. The highest BCUT2D eigenvalue weighted by Crippen LogP contribution is 2.30. The molecule has 0 saturated carbocycles. The lowest BCUT2D eigenvalue weighted by atomic mass is 10.3. The molecule has 0 unspecified atom stereocenters. The van der Waals surface area contributed by atoms with Crippen LogP contribution in [0.5, 0.6) is 11.5 Å². The standard InChI is InChI=1S/C13H15N3O3S/c1-9-12(4-3-7-16-9)19-13-8-10(5-6-11(13)14)20(17,18)15-2/h3-8,15H,14H2,1-2H3. The molecule has 1 heterocycles. The van der Waals surface area contributed by atoms with Gasteiger partial charge in [-0.3, -0.25) is 4.98 Å². The van der Waals surface area contributed by atoms with Crippen LogP contribution in [0, 0.1) is 6.92 Å². The number of sulfonamides is 1. The molecule has 0 spiro atoms. The number of benzene rings is 1. The lowest BCUT2D eigenvalue weighted by Crippen LogP contribution is -2.18. The van der Waals surface area contributed by atoms with Gasteiger partial charge in [0.05, 0.1) is 16.3 Å². The highest BCUT2D eigenvalue weighted by molar-refractivity contribution is 7.89. The van der Waals surface area contributed by atoms with E-state index in [9.17, 15) is 8.42 Å². The molecule has 0 fully saturated rings. The van der Waals surface area contributed by atoms with Gasteiger partial charge in [0.1, 0.15) is 5.75 Å². The van der Waals surface area contributed by atoms with E-state index in [1.807, 2.05) is 0 Å². The third-order valence-electron chi connectivity index (χ3n) is 2.74. The molecule has 0 atom stereocenters. The van der Waals surface area contributed by atoms with Crippen LogP contribution in [0.15, 0.2) is 41.4 Å². The van der Waals surface area contributed by atoms with Crippen LogP contribution < -0.4 is 15.2 Å². The average molecular weight is 293 g/mol. The Bertz CT molecular complexity index is 729. The van der Waals surface area contributed by atoms with Gasteiger partial charge in [-0.1, -0.05) is 0 Å². The van der Waals surface area contributed by atoms with Crippen molar-refractivity contribution in [3.05, 3.63) is 42.2 Å². The lowest BCUT2D eigenvalue weighted by molar-refractivity contribution is 0.476. The third-order valence-corrected chi connectivity index (χ3v) is 4.15. The summed E-state index contributed by atoms with van der Waals surface area (Å²) in [4.78, 5) is 4.18. The molecule has 106 valence electrons. The third kappa shape index (κ3) is 2.89. The maximum Gasteiger partial charge on any atom is 0.240 e. The number of aromatic nitrogens is 1. The molecule has 0 amide bonds. The lowest BCUT2D eigenvalue weighted by Gasteiger charge is -2.11. The monoisotopic (exact) mass is 293 g/mol. The second-order valence-electron chi connectivity index (χ2n) is 4.10. The Morgan fingerprint density at radius 2 is 2.00 bits per heavy atom. The van der Waals surface area contributed by atoms with E-state index < -0.39 is 10.0 Å². The number of hydrogen-bond acceptors (Lipinski definition) is 5. The number of nitrogens with one attached hydrogen (secondary N) is 1. The highest BCUT2D eigenvalue weighted by atomic mass is 32.2. The van der Waals surface area contributed by atoms with E-state index in [2.05, 4.69) is 9.71 Å². The zero-order valence-corrected chi connectivity index (χ0v) is 11.9. The second-order valence-corrected chi connectivity index (χ2v) is 5.98. The molecule has 6 nitrogen and oxygen atoms in total. The van der Waals surface area contributed by atoms with E-state index in [4.69, 9.17) is 10.5 Å². The first-order chi connectivity index (χ1) is 9.44. The van der Waals surface area contributed by atoms with Crippen LogP contribution in [-0.2, 0) is 10.0 Å². The fourth-order valence-corrected chi connectivity index (χ4v) is 2.33. The van der Waals surface area contributed by atoms with Crippen LogP contribution in [0.1, 0.15) is 5.69 Å². The maximum absolute atomic E-state index is 11.8. The van der Waals surface area contributed by atoms with Crippen molar-refractivity contribution in [3.63, 3.8) is 0 Å². The number of rotatable bonds is 4. The Labute approximate surface area is 117 Å². The second kappa shape index (κ2) is 5.48. The Morgan fingerprint density at radius 3 is 2.65 bits per heavy atom. The fraction of sp³-hybridized carbons (Fsp3) is 0.154. The smallest absolute Gasteiger partial charge is 0.240 e. The van der Waals surface area contributed by atoms with Crippen molar-refractivity contribution in [1.29, 1.82) is 0 Å². The number of ether oxygens (including phenoxy) is 1. The minimum atomic E-state index is -3.54. The van der Waals surface area contributed by atoms with Gasteiger partial charge in [0.15, 0.2) is 5.75 Å². The molecule has 20 heavy (non-hydrogen) atoms. The maximum atomic E-state index is 11.8. The zero-order valence-electron chi connectivity index (χ0n) is 11.1. The predicted molar refractivity (Wildman–Crippen MR) is 76.1 cm³/mol. The van der Waals surface area contributed by atoms with Crippen LogP contribution in [0.2, 0.25) is 0 Å². The van der Waals surface area contributed by atoms with Crippen molar-refractivity contribution in [2.24, 2.45) is 0 Å². The van der Waals surface area contributed by atoms with E-state index in [1.54, 1.807) is 25.3 Å². The van der Waals surface area contributed by atoms with Crippen molar-refractivity contribution < 1.29 is 13.2 Å².